The average molecular weight is 389 g/mol. The Hall–Kier alpha value is -2.73. The fraction of sp³-hybridized carbons (Fsp3) is 0.300. The van der Waals surface area contributed by atoms with E-state index in [1.165, 1.54) is 5.56 Å². The second-order valence-electron chi connectivity index (χ2n) is 6.29. The van der Waals surface area contributed by atoms with Crippen LogP contribution in [0.5, 0.6) is 11.5 Å². The third-order valence-electron chi connectivity index (χ3n) is 4.33. The molecule has 27 heavy (non-hydrogen) atoms. The lowest BCUT2D eigenvalue weighted by atomic mass is 9.96. The fourth-order valence-electron chi connectivity index (χ4n) is 2.77. The molecule has 142 valence electrons. The maximum absolute atomic E-state index is 12.3. The van der Waals surface area contributed by atoms with Gasteiger partial charge in [-0.05, 0) is 54.3 Å². The Morgan fingerprint density at radius 2 is 1.96 bits per heavy atom. The van der Waals surface area contributed by atoms with Gasteiger partial charge in [0.1, 0.15) is 18.1 Å². The molecule has 3 rings (SSSR count). The topological polar surface area (TPSA) is 76.7 Å². The highest BCUT2D eigenvalue weighted by Gasteiger charge is 2.26. The van der Waals surface area contributed by atoms with E-state index in [0.717, 1.165) is 17.7 Å². The molecule has 1 atom stereocenters. The van der Waals surface area contributed by atoms with Crippen molar-refractivity contribution in [2.75, 3.05) is 13.2 Å². The summed E-state index contributed by atoms with van der Waals surface area (Å²) in [6.45, 7) is 2.12. The molecule has 0 spiro atoms. The van der Waals surface area contributed by atoms with E-state index in [2.05, 4.69) is 17.8 Å². The minimum atomic E-state index is -0.442. The number of nitrogens with one attached hydrogen (secondary N) is 2. The lowest BCUT2D eigenvalue weighted by Crippen LogP contribution is -2.48. The molecule has 0 aliphatic carbocycles. The van der Waals surface area contributed by atoms with Crippen LogP contribution in [-0.2, 0) is 22.4 Å². The molecule has 0 aromatic heterocycles. The molecule has 1 heterocycles. The number of carbonyl (C=O) groups excluding carboxylic acids is 2. The van der Waals surface area contributed by atoms with Gasteiger partial charge in [-0.25, -0.2) is 0 Å². The number of fused-ring (bicyclic) bond motifs is 1. The zero-order valence-electron chi connectivity index (χ0n) is 15.0. The molecule has 0 fully saturated rings. The van der Waals surface area contributed by atoms with Crippen molar-refractivity contribution in [3.63, 3.8) is 0 Å². The van der Waals surface area contributed by atoms with Crippen LogP contribution >= 0.6 is 11.6 Å². The van der Waals surface area contributed by atoms with Crippen molar-refractivity contribution in [3.8, 4) is 11.5 Å². The summed E-state index contributed by atoms with van der Waals surface area (Å²) >= 11 is 5.98. The maximum atomic E-state index is 12.3. The summed E-state index contributed by atoms with van der Waals surface area (Å²) < 4.78 is 11.0. The molecule has 2 aromatic rings. The van der Waals surface area contributed by atoms with Gasteiger partial charge in [0.25, 0.3) is 5.91 Å². The lowest BCUT2D eigenvalue weighted by Gasteiger charge is -2.24. The first-order valence-electron chi connectivity index (χ1n) is 8.77. The summed E-state index contributed by atoms with van der Waals surface area (Å²) in [5, 5.41) is 0.593. The Kier molecular flexibility index (Phi) is 6.19. The van der Waals surface area contributed by atoms with Crippen LogP contribution < -0.4 is 20.3 Å². The van der Waals surface area contributed by atoms with Crippen molar-refractivity contribution in [2.24, 2.45) is 5.92 Å². The number of amides is 2. The van der Waals surface area contributed by atoms with Crippen LogP contribution in [0, 0.1) is 5.92 Å². The number of benzene rings is 2. The highest BCUT2D eigenvalue weighted by atomic mass is 35.5. The predicted molar refractivity (Wildman–Crippen MR) is 102 cm³/mol. The summed E-state index contributed by atoms with van der Waals surface area (Å²) in [5.41, 5.74) is 6.85. The highest BCUT2D eigenvalue weighted by Crippen LogP contribution is 2.29. The minimum absolute atomic E-state index is 0.189. The molecular formula is C20H21ClN2O4. The van der Waals surface area contributed by atoms with Crippen LogP contribution in [0.15, 0.2) is 42.5 Å². The summed E-state index contributed by atoms with van der Waals surface area (Å²) in [5.74, 6) is 0.168. The van der Waals surface area contributed by atoms with Crippen molar-refractivity contribution in [3.05, 3.63) is 58.6 Å². The van der Waals surface area contributed by atoms with Crippen molar-refractivity contribution < 1.29 is 19.1 Å². The number of halogens is 1. The Morgan fingerprint density at radius 1 is 1.19 bits per heavy atom. The maximum Gasteiger partial charge on any atom is 0.276 e. The first-order chi connectivity index (χ1) is 13.0. The van der Waals surface area contributed by atoms with E-state index in [1.807, 2.05) is 24.3 Å². The number of hydrogen-bond acceptors (Lipinski definition) is 4. The van der Waals surface area contributed by atoms with Gasteiger partial charge < -0.3 is 9.47 Å². The van der Waals surface area contributed by atoms with E-state index < -0.39 is 11.8 Å². The van der Waals surface area contributed by atoms with Gasteiger partial charge >= 0.3 is 0 Å². The number of aryl methyl sites for hydroxylation is 1. The van der Waals surface area contributed by atoms with E-state index >= 15 is 0 Å². The van der Waals surface area contributed by atoms with Crippen molar-refractivity contribution in [2.45, 2.75) is 19.8 Å². The third kappa shape index (κ3) is 5.14. The molecule has 0 unspecified atom stereocenters. The smallest absolute Gasteiger partial charge is 0.276 e. The summed E-state index contributed by atoms with van der Waals surface area (Å²) in [6.07, 6.45) is 1.44. The normalized spacial score (nSPS) is 15.3. The predicted octanol–water partition coefficient (Wildman–Crippen LogP) is 2.68. The van der Waals surface area contributed by atoms with E-state index in [-0.39, 0.29) is 19.1 Å². The monoisotopic (exact) mass is 388 g/mol. The van der Waals surface area contributed by atoms with Crippen LogP contribution in [0.3, 0.4) is 0 Å². The molecule has 0 bridgehead atoms. The van der Waals surface area contributed by atoms with Gasteiger partial charge in [-0.2, -0.15) is 0 Å². The van der Waals surface area contributed by atoms with Crippen molar-refractivity contribution in [1.82, 2.24) is 10.9 Å². The molecule has 7 heteroatoms. The number of hydrogen-bond donors (Lipinski definition) is 2. The quantitative estimate of drug-likeness (QED) is 0.772. The molecule has 0 radical (unpaired) electrons. The van der Waals surface area contributed by atoms with Gasteiger partial charge in [0.2, 0.25) is 5.91 Å². The molecule has 1 aliphatic rings. The number of rotatable bonds is 5. The average Bonchev–Trinajstić information content (AvgIpc) is 2.70. The summed E-state index contributed by atoms with van der Waals surface area (Å²) in [7, 11) is 0. The first kappa shape index (κ1) is 19.0. The fourth-order valence-corrected chi connectivity index (χ4v) is 2.97. The molecule has 2 aromatic carbocycles. The number of carbonyl (C=O) groups is 2. The van der Waals surface area contributed by atoms with Gasteiger partial charge in [0.05, 0.1) is 5.92 Å². The molecule has 2 N–H and O–H groups in total. The number of hydrazine groups is 1. The van der Waals surface area contributed by atoms with E-state index in [9.17, 15) is 9.59 Å². The van der Waals surface area contributed by atoms with Crippen molar-refractivity contribution in [1.29, 1.82) is 0 Å². The molecular weight excluding hydrogens is 368 g/mol. The SMILES string of the molecule is CCc1ccc(OCC(=O)NNC(=O)[C@H]2COc3ccc(Cl)cc3C2)cc1. The van der Waals surface area contributed by atoms with E-state index in [0.29, 0.717) is 17.2 Å². The Bertz CT molecular complexity index is 823. The van der Waals surface area contributed by atoms with Gasteiger partial charge in [-0.1, -0.05) is 30.7 Å². The molecule has 0 saturated heterocycles. The van der Waals surface area contributed by atoms with Gasteiger partial charge in [-0.3, -0.25) is 20.4 Å². The van der Waals surface area contributed by atoms with Crippen LogP contribution in [0.4, 0.5) is 0 Å². The van der Waals surface area contributed by atoms with Gasteiger partial charge in [0.15, 0.2) is 6.61 Å². The van der Waals surface area contributed by atoms with Crippen LogP contribution in [-0.4, -0.2) is 25.0 Å². The second-order valence-corrected chi connectivity index (χ2v) is 6.72. The zero-order valence-corrected chi connectivity index (χ0v) is 15.7. The summed E-state index contributed by atoms with van der Waals surface area (Å²) in [6, 6.07) is 12.8. The Labute approximate surface area is 162 Å². The third-order valence-corrected chi connectivity index (χ3v) is 4.56. The largest absolute Gasteiger partial charge is 0.492 e. The van der Waals surface area contributed by atoms with Gasteiger partial charge in [-0.15, -0.1) is 0 Å². The number of ether oxygens (including phenoxy) is 2. The van der Waals surface area contributed by atoms with E-state index in [1.54, 1.807) is 18.2 Å². The molecule has 0 saturated carbocycles. The zero-order chi connectivity index (χ0) is 19.2. The summed E-state index contributed by atoms with van der Waals surface area (Å²) in [4.78, 5) is 24.1. The van der Waals surface area contributed by atoms with Gasteiger partial charge in [0, 0.05) is 5.02 Å². The van der Waals surface area contributed by atoms with Crippen molar-refractivity contribution >= 4 is 23.4 Å². The minimum Gasteiger partial charge on any atom is -0.492 e. The first-order valence-corrected chi connectivity index (χ1v) is 9.14. The van der Waals surface area contributed by atoms with Crippen LogP contribution in [0.2, 0.25) is 5.02 Å². The Balaban J connectivity index is 1.44. The molecule has 6 nitrogen and oxygen atoms in total. The van der Waals surface area contributed by atoms with Crippen LogP contribution in [0.1, 0.15) is 18.1 Å². The standard InChI is InChI=1S/C20H21ClN2O4/c1-2-13-3-6-17(7-4-13)26-12-19(24)22-23-20(25)15-9-14-10-16(21)5-8-18(14)27-11-15/h3-8,10,15H,2,9,11-12H2,1H3,(H,22,24)(H,23,25)/t15-/m1/s1. The van der Waals surface area contributed by atoms with E-state index in [4.69, 9.17) is 21.1 Å². The Morgan fingerprint density at radius 3 is 2.70 bits per heavy atom. The molecule has 2 amide bonds. The highest BCUT2D eigenvalue weighted by molar-refractivity contribution is 6.30. The lowest BCUT2D eigenvalue weighted by molar-refractivity contribution is -0.132. The van der Waals surface area contributed by atoms with Crippen LogP contribution in [0.25, 0.3) is 0 Å². The second kappa shape index (κ2) is 8.77. The molecule has 1 aliphatic heterocycles.